The first kappa shape index (κ1) is 13.5. The van der Waals surface area contributed by atoms with E-state index in [1.165, 1.54) is 14.0 Å². The lowest BCUT2D eigenvalue weighted by molar-refractivity contribution is -0.154. The Bertz CT molecular complexity index is 371. The molecule has 6 nitrogen and oxygen atoms in total. The third kappa shape index (κ3) is 1.99. The van der Waals surface area contributed by atoms with Crippen LogP contribution in [0, 0.1) is 0 Å². The fourth-order valence-corrected chi connectivity index (χ4v) is 3.51. The second kappa shape index (κ2) is 4.77. The third-order valence-electron chi connectivity index (χ3n) is 2.11. The van der Waals surface area contributed by atoms with Crippen LogP contribution in [0.2, 0.25) is 0 Å². The van der Waals surface area contributed by atoms with Crippen molar-refractivity contribution >= 4 is 30.5 Å². The highest BCUT2D eigenvalue weighted by molar-refractivity contribution is 8.13. The Labute approximate surface area is 98.2 Å². The first-order chi connectivity index (χ1) is 7.43. The average Bonchev–Trinajstić information content (AvgIpc) is 2.53. The molecule has 1 aliphatic rings. The fourth-order valence-electron chi connectivity index (χ4n) is 1.17. The summed E-state index contributed by atoms with van der Waals surface area (Å²) in [5, 5.41) is -1.50. The Kier molecular flexibility index (Phi) is 4.04. The lowest BCUT2D eigenvalue weighted by atomic mass is 10.4. The molecule has 16 heavy (non-hydrogen) atoms. The summed E-state index contributed by atoms with van der Waals surface area (Å²) < 4.78 is 31.0. The number of esters is 1. The van der Waals surface area contributed by atoms with E-state index in [0.29, 0.717) is 0 Å². The molecule has 1 rings (SSSR count). The Morgan fingerprint density at radius 2 is 2.31 bits per heavy atom. The van der Waals surface area contributed by atoms with Crippen LogP contribution in [0.25, 0.3) is 0 Å². The number of nitrogens with zero attached hydrogens (tertiary/aromatic N) is 1. The van der Waals surface area contributed by atoms with Gasteiger partial charge < -0.3 is 14.0 Å². The maximum atomic E-state index is 12.3. The molecule has 0 saturated carbocycles. The molecule has 0 bridgehead atoms. The van der Waals surface area contributed by atoms with Gasteiger partial charge >= 0.3 is 13.5 Å². The van der Waals surface area contributed by atoms with Crippen LogP contribution in [0.4, 0.5) is 0 Å². The molecule has 0 radical (unpaired) electrons. The zero-order chi connectivity index (χ0) is 12.4. The zero-order valence-electron chi connectivity index (χ0n) is 9.55. The number of ether oxygens (including phenoxy) is 2. The monoisotopic (exact) mass is 267 g/mol. The van der Waals surface area contributed by atoms with Crippen LogP contribution >= 0.6 is 19.3 Å². The normalized spacial score (nSPS) is 33.1. The van der Waals surface area contributed by atoms with Crippen molar-refractivity contribution in [2.75, 3.05) is 20.0 Å². The Morgan fingerprint density at radius 3 is 2.75 bits per heavy atom. The van der Waals surface area contributed by atoms with Crippen LogP contribution < -0.4 is 0 Å². The minimum atomic E-state index is -3.56. The summed E-state index contributed by atoms with van der Waals surface area (Å²) in [5.41, 5.74) is 0. The molecular weight excluding hydrogens is 253 g/mol. The Hall–Kier alpha value is -0.520. The number of carbonyl (C=O) groups is 1. The van der Waals surface area contributed by atoms with Gasteiger partial charge in [0.1, 0.15) is 0 Å². The van der Waals surface area contributed by atoms with Crippen molar-refractivity contribution in [2.24, 2.45) is 4.76 Å². The van der Waals surface area contributed by atoms with E-state index in [-0.39, 0.29) is 11.8 Å². The maximum absolute atomic E-state index is 12.3. The van der Waals surface area contributed by atoms with E-state index < -0.39 is 18.8 Å². The van der Waals surface area contributed by atoms with Crippen LogP contribution in [0.3, 0.4) is 0 Å². The third-order valence-corrected chi connectivity index (χ3v) is 5.07. The molecule has 1 aliphatic heterocycles. The summed E-state index contributed by atoms with van der Waals surface area (Å²) in [6.45, 7) is 3.20. The fraction of sp³-hybridized carbons (Fsp3) is 0.750. The summed E-state index contributed by atoms with van der Waals surface area (Å²) >= 11 is 1.16. The van der Waals surface area contributed by atoms with Crippen LogP contribution in [-0.2, 0) is 23.4 Å². The van der Waals surface area contributed by atoms with Crippen LogP contribution in [-0.4, -0.2) is 36.5 Å². The predicted molar refractivity (Wildman–Crippen MR) is 61.7 cm³/mol. The first-order valence-electron chi connectivity index (χ1n) is 4.60. The molecule has 1 heterocycles. The van der Waals surface area contributed by atoms with Crippen molar-refractivity contribution in [3.8, 4) is 0 Å². The highest BCUT2D eigenvalue weighted by Gasteiger charge is 2.60. The second-order valence-electron chi connectivity index (χ2n) is 3.08. The molecular formula is C8H14NO5PS. The van der Waals surface area contributed by atoms with Crippen molar-refractivity contribution < 1.29 is 23.4 Å². The highest BCUT2D eigenvalue weighted by atomic mass is 32.2. The van der Waals surface area contributed by atoms with E-state index in [4.69, 9.17) is 14.0 Å². The summed E-state index contributed by atoms with van der Waals surface area (Å²) in [6, 6.07) is 0. The molecule has 0 amide bonds. The average molecular weight is 267 g/mol. The smallest absolute Gasteiger partial charge is 0.372 e. The number of hydrogen-bond acceptors (Lipinski definition) is 6. The molecule has 0 aliphatic carbocycles. The number of rotatable bonds is 3. The van der Waals surface area contributed by atoms with Gasteiger partial charge in [-0.3, -0.25) is 4.57 Å². The minimum Gasteiger partial charge on any atom is -0.463 e. The number of hydrogen-bond donors (Lipinski definition) is 0. The topological polar surface area (TPSA) is 74.2 Å². The van der Waals surface area contributed by atoms with E-state index >= 15 is 0 Å². The molecule has 2 unspecified atom stereocenters. The molecule has 0 aromatic heterocycles. The van der Waals surface area contributed by atoms with Crippen LogP contribution in [0.15, 0.2) is 4.76 Å². The van der Waals surface area contributed by atoms with Crippen LogP contribution in [0.1, 0.15) is 13.8 Å². The van der Waals surface area contributed by atoms with Gasteiger partial charge in [-0.1, -0.05) is 11.8 Å². The van der Waals surface area contributed by atoms with E-state index in [1.54, 1.807) is 13.2 Å². The molecule has 2 atom stereocenters. The van der Waals surface area contributed by atoms with Crippen molar-refractivity contribution in [1.82, 2.24) is 0 Å². The SMILES string of the molecule is CCOC(=O)C1(C)OC(SC)=NP1(=O)OC. The molecule has 0 N–H and O–H groups in total. The summed E-state index contributed by atoms with van der Waals surface area (Å²) in [4.78, 5) is 11.7. The largest absolute Gasteiger partial charge is 0.463 e. The number of carbonyl (C=O) groups excluding carboxylic acids is 1. The highest BCUT2D eigenvalue weighted by Crippen LogP contribution is 2.65. The van der Waals surface area contributed by atoms with Gasteiger partial charge in [0.25, 0.3) is 10.6 Å². The van der Waals surface area contributed by atoms with E-state index in [2.05, 4.69) is 4.76 Å². The van der Waals surface area contributed by atoms with Crippen molar-refractivity contribution in [3.05, 3.63) is 0 Å². The van der Waals surface area contributed by atoms with E-state index in [1.807, 2.05) is 0 Å². The zero-order valence-corrected chi connectivity index (χ0v) is 11.3. The van der Waals surface area contributed by atoms with Crippen molar-refractivity contribution in [3.63, 3.8) is 0 Å². The van der Waals surface area contributed by atoms with Gasteiger partial charge in [0.15, 0.2) is 0 Å². The summed E-state index contributed by atoms with van der Waals surface area (Å²) in [5.74, 6) is -0.729. The molecule has 0 aromatic carbocycles. The van der Waals surface area contributed by atoms with Gasteiger partial charge in [-0.05, 0) is 20.1 Å². The first-order valence-corrected chi connectivity index (χ1v) is 7.40. The molecule has 92 valence electrons. The summed E-state index contributed by atoms with van der Waals surface area (Å²) in [6.07, 6.45) is 1.70. The maximum Gasteiger partial charge on any atom is 0.372 e. The lowest BCUT2D eigenvalue weighted by Gasteiger charge is -2.24. The van der Waals surface area contributed by atoms with Crippen molar-refractivity contribution in [2.45, 2.75) is 19.2 Å². The standard InChI is InChI=1S/C8H14NO5PS/c1-5-13-6(10)8(2)14-7(16-4)9-15(8,11)12-3/h5H2,1-4H3. The van der Waals surface area contributed by atoms with Gasteiger partial charge in [0, 0.05) is 7.11 Å². The molecule has 0 aromatic rings. The van der Waals surface area contributed by atoms with E-state index in [0.717, 1.165) is 11.8 Å². The van der Waals surface area contributed by atoms with Gasteiger partial charge in [0.2, 0.25) is 0 Å². The van der Waals surface area contributed by atoms with E-state index in [9.17, 15) is 9.36 Å². The van der Waals surface area contributed by atoms with Crippen LogP contribution in [0.5, 0.6) is 0 Å². The quantitative estimate of drug-likeness (QED) is 0.574. The number of thioether (sulfide) groups is 1. The molecule has 0 saturated heterocycles. The predicted octanol–water partition coefficient (Wildman–Crippen LogP) is 1.85. The van der Waals surface area contributed by atoms with Gasteiger partial charge in [-0.25, -0.2) is 4.79 Å². The minimum absolute atomic E-state index is 0.167. The molecule has 0 spiro atoms. The van der Waals surface area contributed by atoms with Gasteiger partial charge in [0.05, 0.1) is 6.61 Å². The van der Waals surface area contributed by atoms with Gasteiger partial charge in [-0.15, -0.1) is 0 Å². The Balaban J connectivity index is 3.06. The van der Waals surface area contributed by atoms with Crippen molar-refractivity contribution in [1.29, 1.82) is 0 Å². The lowest BCUT2D eigenvalue weighted by Crippen LogP contribution is -2.37. The molecule has 8 heteroatoms. The van der Waals surface area contributed by atoms with Gasteiger partial charge in [-0.2, -0.15) is 4.76 Å². The Morgan fingerprint density at radius 1 is 1.69 bits per heavy atom. The summed E-state index contributed by atoms with van der Waals surface area (Å²) in [7, 11) is -2.33. The second-order valence-corrected chi connectivity index (χ2v) is 6.30. The molecule has 0 fully saturated rings.